The lowest BCUT2D eigenvalue weighted by Gasteiger charge is -2.30. The summed E-state index contributed by atoms with van der Waals surface area (Å²) >= 11 is 1.46. The van der Waals surface area contributed by atoms with Gasteiger partial charge in [0, 0.05) is 39.9 Å². The zero-order chi connectivity index (χ0) is 19.4. The van der Waals surface area contributed by atoms with Crippen LogP contribution in [0.25, 0.3) is 0 Å². The summed E-state index contributed by atoms with van der Waals surface area (Å²) in [6.07, 6.45) is 7.11. The molecule has 0 radical (unpaired) electrons. The van der Waals surface area contributed by atoms with E-state index in [4.69, 9.17) is 4.74 Å². The van der Waals surface area contributed by atoms with Gasteiger partial charge in [-0.2, -0.15) is 0 Å². The highest BCUT2D eigenvalue weighted by Gasteiger charge is 2.33. The van der Waals surface area contributed by atoms with Crippen LogP contribution in [-0.2, 0) is 4.74 Å². The van der Waals surface area contributed by atoms with Gasteiger partial charge in [-0.25, -0.2) is 0 Å². The number of hydrogen-bond acceptors (Lipinski definition) is 4. The maximum absolute atomic E-state index is 11.9. The Morgan fingerprint density at radius 1 is 1.25 bits per heavy atom. The van der Waals surface area contributed by atoms with Gasteiger partial charge < -0.3 is 20.7 Å². The second kappa shape index (κ2) is 14.2. The molecule has 2 rings (SSSR count). The molecule has 0 unspecified atom stereocenters. The molecule has 1 aromatic heterocycles. The Morgan fingerprint density at radius 3 is 2.64 bits per heavy atom. The van der Waals surface area contributed by atoms with Gasteiger partial charge in [-0.05, 0) is 49.5 Å². The summed E-state index contributed by atoms with van der Waals surface area (Å²) in [5.41, 5.74) is 0.335. The van der Waals surface area contributed by atoms with Gasteiger partial charge >= 0.3 is 0 Å². The maximum Gasteiger partial charge on any atom is 0.261 e. The van der Waals surface area contributed by atoms with Crippen LogP contribution in [0.1, 0.15) is 55.1 Å². The zero-order valence-corrected chi connectivity index (χ0v) is 20.2. The van der Waals surface area contributed by atoms with Crippen molar-refractivity contribution in [3.05, 3.63) is 22.4 Å². The van der Waals surface area contributed by atoms with Gasteiger partial charge in [0.25, 0.3) is 5.91 Å². The van der Waals surface area contributed by atoms with Crippen LogP contribution in [0.5, 0.6) is 0 Å². The fourth-order valence-electron chi connectivity index (χ4n) is 3.56. The number of halogens is 1. The number of carbonyl (C=O) groups excluding carboxylic acids is 1. The van der Waals surface area contributed by atoms with E-state index >= 15 is 0 Å². The standard InChI is InChI=1S/C20H34N4O2S.HI/c1-3-26-14-11-20(9-4-5-10-20)16-24-19(21-2)23-13-7-12-22-18(25)17-8-6-15-27-17;/h6,8,15H,3-5,7,9-14,16H2,1-2H3,(H,22,25)(H2,21,23,24);1H. The van der Waals surface area contributed by atoms with Crippen molar-refractivity contribution in [1.82, 2.24) is 16.0 Å². The fraction of sp³-hybridized carbons (Fsp3) is 0.700. The van der Waals surface area contributed by atoms with Gasteiger partial charge in [0.1, 0.15) is 0 Å². The van der Waals surface area contributed by atoms with E-state index in [1.165, 1.54) is 37.0 Å². The molecule has 1 saturated carbocycles. The molecule has 0 saturated heterocycles. The number of aliphatic imine (C=N–C) groups is 1. The Morgan fingerprint density at radius 2 is 2.00 bits per heavy atom. The van der Waals surface area contributed by atoms with E-state index in [1.54, 1.807) is 7.05 Å². The molecule has 0 aliphatic heterocycles. The quantitative estimate of drug-likeness (QED) is 0.180. The Labute approximate surface area is 190 Å². The molecule has 0 aromatic carbocycles. The van der Waals surface area contributed by atoms with Gasteiger partial charge in [-0.1, -0.05) is 18.9 Å². The average molecular weight is 522 g/mol. The van der Waals surface area contributed by atoms with E-state index in [2.05, 4.69) is 20.9 Å². The Balaban J connectivity index is 0.00000392. The number of nitrogens with zero attached hydrogens (tertiary/aromatic N) is 1. The number of guanidine groups is 1. The second-order valence-electron chi connectivity index (χ2n) is 7.09. The van der Waals surface area contributed by atoms with Crippen LogP contribution in [0.2, 0.25) is 0 Å². The van der Waals surface area contributed by atoms with Crippen molar-refractivity contribution in [1.29, 1.82) is 0 Å². The molecule has 6 nitrogen and oxygen atoms in total. The van der Waals surface area contributed by atoms with Gasteiger partial charge in [0.15, 0.2) is 5.96 Å². The van der Waals surface area contributed by atoms with Crippen molar-refractivity contribution in [2.75, 3.05) is 39.9 Å². The third-order valence-corrected chi connectivity index (χ3v) is 6.04. The molecule has 1 amide bonds. The number of carbonyl (C=O) groups is 1. The number of ether oxygens (including phenoxy) is 1. The predicted octanol–water partition coefficient (Wildman–Crippen LogP) is 3.64. The first kappa shape index (κ1) is 25.2. The smallest absolute Gasteiger partial charge is 0.261 e. The first-order valence-corrected chi connectivity index (χ1v) is 10.9. The molecule has 160 valence electrons. The normalized spacial score (nSPS) is 15.7. The van der Waals surface area contributed by atoms with Crippen LogP contribution in [0.15, 0.2) is 22.5 Å². The molecule has 1 aliphatic rings. The predicted molar refractivity (Wildman–Crippen MR) is 128 cm³/mol. The maximum atomic E-state index is 11.9. The molecule has 1 aliphatic carbocycles. The lowest BCUT2D eigenvalue weighted by Crippen LogP contribution is -2.44. The Kier molecular flexibility index (Phi) is 12.7. The van der Waals surface area contributed by atoms with Crippen LogP contribution in [0, 0.1) is 5.41 Å². The fourth-order valence-corrected chi connectivity index (χ4v) is 4.20. The third kappa shape index (κ3) is 8.65. The highest BCUT2D eigenvalue weighted by Crippen LogP contribution is 2.40. The van der Waals surface area contributed by atoms with E-state index < -0.39 is 0 Å². The SMILES string of the molecule is CCOCCC1(CNC(=NC)NCCCNC(=O)c2cccs2)CCCC1.I. The van der Waals surface area contributed by atoms with Crippen LogP contribution >= 0.6 is 35.3 Å². The van der Waals surface area contributed by atoms with E-state index in [-0.39, 0.29) is 29.9 Å². The first-order chi connectivity index (χ1) is 13.2. The minimum absolute atomic E-state index is 0. The summed E-state index contributed by atoms with van der Waals surface area (Å²) in [6.45, 7) is 6.04. The summed E-state index contributed by atoms with van der Waals surface area (Å²) in [5.74, 6) is 0.840. The monoisotopic (exact) mass is 522 g/mol. The molecule has 28 heavy (non-hydrogen) atoms. The minimum Gasteiger partial charge on any atom is -0.382 e. The van der Waals surface area contributed by atoms with Gasteiger partial charge in [-0.15, -0.1) is 35.3 Å². The van der Waals surface area contributed by atoms with Crippen molar-refractivity contribution >= 4 is 47.2 Å². The lowest BCUT2D eigenvalue weighted by atomic mass is 9.83. The summed E-state index contributed by atoms with van der Waals surface area (Å²) in [7, 11) is 1.80. The Hall–Kier alpha value is -0.870. The van der Waals surface area contributed by atoms with E-state index in [0.29, 0.717) is 12.0 Å². The van der Waals surface area contributed by atoms with Crippen LogP contribution in [0.3, 0.4) is 0 Å². The topological polar surface area (TPSA) is 74.8 Å². The largest absolute Gasteiger partial charge is 0.382 e. The number of nitrogens with one attached hydrogen (secondary N) is 3. The van der Waals surface area contributed by atoms with Crippen molar-refractivity contribution in [3.8, 4) is 0 Å². The average Bonchev–Trinajstić information content (AvgIpc) is 3.36. The van der Waals surface area contributed by atoms with Crippen molar-refractivity contribution in [2.45, 2.75) is 45.4 Å². The van der Waals surface area contributed by atoms with Crippen molar-refractivity contribution in [3.63, 3.8) is 0 Å². The van der Waals surface area contributed by atoms with Gasteiger partial charge in [-0.3, -0.25) is 9.79 Å². The molecule has 8 heteroatoms. The van der Waals surface area contributed by atoms with E-state index in [0.717, 1.165) is 50.0 Å². The zero-order valence-electron chi connectivity index (χ0n) is 17.1. The number of amides is 1. The molecule has 0 bridgehead atoms. The number of hydrogen-bond donors (Lipinski definition) is 3. The van der Waals surface area contributed by atoms with Crippen molar-refractivity contribution < 1.29 is 9.53 Å². The molecule has 3 N–H and O–H groups in total. The number of rotatable bonds is 11. The summed E-state index contributed by atoms with van der Waals surface area (Å²) in [5, 5.41) is 11.7. The highest BCUT2D eigenvalue weighted by atomic mass is 127. The van der Waals surface area contributed by atoms with Crippen LogP contribution < -0.4 is 16.0 Å². The van der Waals surface area contributed by atoms with Crippen LogP contribution in [0.4, 0.5) is 0 Å². The first-order valence-electron chi connectivity index (χ1n) is 10.0. The summed E-state index contributed by atoms with van der Waals surface area (Å²) in [6, 6.07) is 3.73. The van der Waals surface area contributed by atoms with Crippen LogP contribution in [-0.4, -0.2) is 51.8 Å². The minimum atomic E-state index is 0. The summed E-state index contributed by atoms with van der Waals surface area (Å²) in [4.78, 5) is 17.0. The molecule has 0 spiro atoms. The molecular weight excluding hydrogens is 487 g/mol. The molecular formula is C20H35IN4O2S. The molecule has 1 aromatic rings. The Bertz CT molecular complexity index is 575. The highest BCUT2D eigenvalue weighted by molar-refractivity contribution is 14.0. The van der Waals surface area contributed by atoms with Crippen molar-refractivity contribution in [2.24, 2.45) is 10.4 Å². The second-order valence-corrected chi connectivity index (χ2v) is 8.04. The molecule has 0 atom stereocenters. The van der Waals surface area contributed by atoms with Gasteiger partial charge in [0.05, 0.1) is 4.88 Å². The lowest BCUT2D eigenvalue weighted by molar-refractivity contribution is 0.0957. The third-order valence-electron chi connectivity index (χ3n) is 5.18. The molecule has 1 heterocycles. The summed E-state index contributed by atoms with van der Waals surface area (Å²) < 4.78 is 5.58. The molecule has 1 fully saturated rings. The van der Waals surface area contributed by atoms with E-state index in [9.17, 15) is 4.79 Å². The van der Waals surface area contributed by atoms with Gasteiger partial charge in [0.2, 0.25) is 0 Å². The van der Waals surface area contributed by atoms with E-state index in [1.807, 2.05) is 24.4 Å². The number of thiophene rings is 1.